The zero-order valence-corrected chi connectivity index (χ0v) is 7.91. The van der Waals surface area contributed by atoms with Crippen molar-refractivity contribution < 1.29 is 18.8 Å². The summed E-state index contributed by atoms with van der Waals surface area (Å²) < 4.78 is 24.7. The summed E-state index contributed by atoms with van der Waals surface area (Å²) in [5.41, 5.74) is -2.14. The van der Waals surface area contributed by atoms with Crippen LogP contribution in [0.2, 0.25) is 5.15 Å². The third kappa shape index (κ3) is 2.18. The van der Waals surface area contributed by atoms with Crippen molar-refractivity contribution in [3.63, 3.8) is 0 Å². The lowest BCUT2D eigenvalue weighted by Gasteiger charge is -2.06. The summed E-state index contributed by atoms with van der Waals surface area (Å²) in [6.07, 6.45) is -2.41. The van der Waals surface area contributed by atoms with Crippen molar-refractivity contribution in [2.45, 2.75) is 13.0 Å². The van der Waals surface area contributed by atoms with Crippen LogP contribution >= 0.6 is 11.6 Å². The molecule has 1 N–H and O–H groups in total. The summed E-state index contributed by atoms with van der Waals surface area (Å²) in [6, 6.07) is 0. The van der Waals surface area contributed by atoms with Gasteiger partial charge >= 0.3 is 0 Å². The Balaban J connectivity index is 3.49. The normalized spacial score (nSPS) is 10.7. The molecular formula is C7H5ClF2N2O3. The smallest absolute Gasteiger partial charge is 0.288 e. The molecule has 0 saturated carbocycles. The van der Waals surface area contributed by atoms with Crippen LogP contribution in [0.5, 0.6) is 0 Å². The van der Waals surface area contributed by atoms with Crippen LogP contribution < -0.4 is 0 Å². The fourth-order valence-corrected chi connectivity index (χ4v) is 1.25. The van der Waals surface area contributed by atoms with Crippen LogP contribution in [0.4, 0.5) is 14.5 Å². The van der Waals surface area contributed by atoms with E-state index in [1.807, 2.05) is 0 Å². The molecule has 0 aliphatic rings. The van der Waals surface area contributed by atoms with E-state index in [1.165, 1.54) is 0 Å². The molecule has 0 radical (unpaired) electrons. The van der Waals surface area contributed by atoms with Gasteiger partial charge in [0.25, 0.3) is 12.1 Å². The molecule has 0 saturated heterocycles. The minimum atomic E-state index is -3.04. The van der Waals surface area contributed by atoms with Crippen LogP contribution in [0, 0.1) is 10.1 Å². The number of nitro groups is 1. The lowest BCUT2D eigenvalue weighted by Crippen LogP contribution is -2.03. The molecule has 0 fully saturated rings. The Kier molecular flexibility index (Phi) is 3.48. The highest BCUT2D eigenvalue weighted by molar-refractivity contribution is 6.30. The maximum atomic E-state index is 12.4. The van der Waals surface area contributed by atoms with Gasteiger partial charge in [-0.2, -0.15) is 0 Å². The summed E-state index contributed by atoms with van der Waals surface area (Å²) in [4.78, 5) is 12.9. The van der Waals surface area contributed by atoms with Crippen LogP contribution in [0.3, 0.4) is 0 Å². The number of halogens is 3. The quantitative estimate of drug-likeness (QED) is 0.497. The van der Waals surface area contributed by atoms with Gasteiger partial charge in [-0.25, -0.2) is 13.8 Å². The Morgan fingerprint density at radius 3 is 2.67 bits per heavy atom. The van der Waals surface area contributed by atoms with E-state index in [2.05, 4.69) is 4.98 Å². The van der Waals surface area contributed by atoms with Gasteiger partial charge in [0.05, 0.1) is 17.1 Å². The SMILES string of the molecule is O=[N+]([O-])c1c(C(F)F)cnc(Cl)c1CO. The third-order valence-corrected chi connectivity index (χ3v) is 2.03. The second-order valence-corrected chi connectivity index (χ2v) is 2.91. The van der Waals surface area contributed by atoms with Crippen LogP contribution in [-0.2, 0) is 6.61 Å². The van der Waals surface area contributed by atoms with Crippen LogP contribution in [0.15, 0.2) is 6.20 Å². The molecule has 0 aliphatic heterocycles. The summed E-state index contributed by atoms with van der Waals surface area (Å²) >= 11 is 5.43. The molecule has 1 aromatic rings. The highest BCUT2D eigenvalue weighted by Crippen LogP contribution is 2.34. The van der Waals surface area contributed by atoms with E-state index < -0.39 is 34.8 Å². The van der Waals surface area contributed by atoms with E-state index in [0.29, 0.717) is 6.20 Å². The summed E-state index contributed by atoms with van der Waals surface area (Å²) in [7, 11) is 0. The first-order valence-corrected chi connectivity index (χ1v) is 4.07. The molecule has 0 amide bonds. The average molecular weight is 239 g/mol. The molecule has 1 aromatic heterocycles. The van der Waals surface area contributed by atoms with E-state index in [4.69, 9.17) is 16.7 Å². The molecule has 15 heavy (non-hydrogen) atoms. The van der Waals surface area contributed by atoms with Crippen molar-refractivity contribution in [1.29, 1.82) is 0 Å². The molecule has 1 heterocycles. The number of nitrogens with zero attached hydrogens (tertiary/aromatic N) is 2. The topological polar surface area (TPSA) is 76.3 Å². The fourth-order valence-electron chi connectivity index (χ4n) is 1.05. The second kappa shape index (κ2) is 4.45. The van der Waals surface area contributed by atoms with Crippen LogP contribution in [0.1, 0.15) is 17.6 Å². The van der Waals surface area contributed by atoms with Crippen molar-refractivity contribution in [2.24, 2.45) is 0 Å². The number of hydrogen-bond acceptors (Lipinski definition) is 4. The molecule has 0 spiro atoms. The number of aromatic nitrogens is 1. The third-order valence-electron chi connectivity index (χ3n) is 1.70. The fraction of sp³-hybridized carbons (Fsp3) is 0.286. The first-order valence-electron chi connectivity index (χ1n) is 3.69. The van der Waals surface area contributed by atoms with E-state index in [-0.39, 0.29) is 5.15 Å². The van der Waals surface area contributed by atoms with E-state index in [0.717, 1.165) is 0 Å². The Bertz CT molecular complexity index is 400. The minimum Gasteiger partial charge on any atom is -0.391 e. The van der Waals surface area contributed by atoms with Gasteiger partial charge < -0.3 is 5.11 Å². The van der Waals surface area contributed by atoms with E-state index in [1.54, 1.807) is 0 Å². The molecule has 0 aliphatic carbocycles. The number of aliphatic hydroxyl groups is 1. The molecule has 1 rings (SSSR count). The molecule has 0 bridgehead atoms. The van der Waals surface area contributed by atoms with E-state index in [9.17, 15) is 18.9 Å². The summed E-state index contributed by atoms with van der Waals surface area (Å²) in [6.45, 7) is -0.817. The molecule has 8 heteroatoms. The van der Waals surface area contributed by atoms with Crippen molar-refractivity contribution in [3.05, 3.63) is 32.6 Å². The lowest BCUT2D eigenvalue weighted by atomic mass is 10.1. The Morgan fingerprint density at radius 1 is 1.67 bits per heavy atom. The van der Waals surface area contributed by atoms with Crippen LogP contribution in [0.25, 0.3) is 0 Å². The summed E-state index contributed by atoms with van der Waals surface area (Å²) in [5, 5.41) is 19.0. The van der Waals surface area contributed by atoms with Crippen molar-refractivity contribution >= 4 is 17.3 Å². The van der Waals surface area contributed by atoms with Gasteiger partial charge in [0.15, 0.2) is 0 Å². The number of rotatable bonds is 3. The summed E-state index contributed by atoms with van der Waals surface area (Å²) in [5.74, 6) is 0. The number of hydrogen-bond donors (Lipinski definition) is 1. The standard InChI is InChI=1S/C7H5ClF2N2O3/c8-6-4(2-13)5(12(14)15)3(1-11-6)7(9)10/h1,7,13H,2H2. The first kappa shape index (κ1) is 11.7. The van der Waals surface area contributed by atoms with Gasteiger partial charge in [-0.05, 0) is 0 Å². The largest absolute Gasteiger partial charge is 0.391 e. The minimum absolute atomic E-state index is 0.353. The molecule has 0 aromatic carbocycles. The van der Waals surface area contributed by atoms with Gasteiger partial charge in [-0.1, -0.05) is 11.6 Å². The number of alkyl halides is 2. The maximum absolute atomic E-state index is 12.4. The molecule has 0 unspecified atom stereocenters. The first-order chi connectivity index (χ1) is 6.99. The van der Waals surface area contributed by atoms with Gasteiger partial charge in [-0.3, -0.25) is 10.1 Å². The molecule has 82 valence electrons. The monoisotopic (exact) mass is 238 g/mol. The second-order valence-electron chi connectivity index (χ2n) is 2.55. The highest BCUT2D eigenvalue weighted by Gasteiger charge is 2.28. The highest BCUT2D eigenvalue weighted by atomic mass is 35.5. The van der Waals surface area contributed by atoms with Gasteiger partial charge in [0, 0.05) is 6.20 Å². The van der Waals surface area contributed by atoms with E-state index >= 15 is 0 Å². The zero-order chi connectivity index (χ0) is 11.6. The zero-order valence-electron chi connectivity index (χ0n) is 7.15. The van der Waals surface area contributed by atoms with Crippen molar-refractivity contribution in [2.75, 3.05) is 0 Å². The Hall–Kier alpha value is -1.34. The van der Waals surface area contributed by atoms with Gasteiger partial charge in [0.2, 0.25) is 0 Å². The number of aliphatic hydroxyl groups excluding tert-OH is 1. The molecule has 0 atom stereocenters. The Morgan fingerprint density at radius 2 is 2.27 bits per heavy atom. The lowest BCUT2D eigenvalue weighted by molar-refractivity contribution is -0.387. The van der Waals surface area contributed by atoms with Crippen LogP contribution in [-0.4, -0.2) is 15.0 Å². The Labute approximate surface area is 87.5 Å². The average Bonchev–Trinajstić information content (AvgIpc) is 2.16. The van der Waals surface area contributed by atoms with Crippen molar-refractivity contribution in [3.8, 4) is 0 Å². The van der Waals surface area contributed by atoms with Crippen molar-refractivity contribution in [1.82, 2.24) is 4.98 Å². The molecular weight excluding hydrogens is 234 g/mol. The number of pyridine rings is 1. The van der Waals surface area contributed by atoms with Gasteiger partial charge in [0.1, 0.15) is 10.7 Å². The maximum Gasteiger partial charge on any atom is 0.288 e. The van der Waals surface area contributed by atoms with Gasteiger partial charge in [-0.15, -0.1) is 0 Å². The molecule has 5 nitrogen and oxygen atoms in total. The predicted octanol–water partition coefficient (Wildman–Crippen LogP) is 2.07. The predicted molar refractivity (Wildman–Crippen MR) is 46.8 cm³/mol.